The third-order valence-electron chi connectivity index (χ3n) is 2.47. The van der Waals surface area contributed by atoms with Crippen molar-refractivity contribution in [3.8, 4) is 0 Å². The van der Waals surface area contributed by atoms with Crippen LogP contribution in [0.15, 0.2) is 18.3 Å². The van der Waals surface area contributed by atoms with Gasteiger partial charge in [-0.3, -0.25) is 9.78 Å². The largest absolute Gasteiger partial charge is 0.387 e. The van der Waals surface area contributed by atoms with E-state index in [2.05, 4.69) is 18.8 Å². The maximum atomic E-state index is 11.1. The van der Waals surface area contributed by atoms with Gasteiger partial charge in [0.1, 0.15) is 6.61 Å². The lowest BCUT2D eigenvalue weighted by Gasteiger charge is -2.15. The lowest BCUT2D eigenvalue weighted by Crippen LogP contribution is -2.28. The highest BCUT2D eigenvalue weighted by Crippen LogP contribution is 2.13. The average molecular weight is 252 g/mol. The molecule has 0 unspecified atom stereocenters. The van der Waals surface area contributed by atoms with Crippen LogP contribution in [-0.4, -0.2) is 34.6 Å². The Morgan fingerprint density at radius 1 is 1.39 bits per heavy atom. The van der Waals surface area contributed by atoms with Crippen LogP contribution in [0.25, 0.3) is 0 Å². The molecule has 0 aliphatic carbocycles. The Morgan fingerprint density at radius 3 is 2.39 bits per heavy atom. The van der Waals surface area contributed by atoms with Crippen molar-refractivity contribution in [3.63, 3.8) is 0 Å². The Kier molecular flexibility index (Phi) is 7.96. The van der Waals surface area contributed by atoms with Gasteiger partial charge in [-0.25, -0.2) is 0 Å². The van der Waals surface area contributed by atoms with Crippen LogP contribution in [0.2, 0.25) is 0 Å². The molecule has 1 amide bonds. The summed E-state index contributed by atoms with van der Waals surface area (Å²) in [5, 5.41) is 8.69. The lowest BCUT2D eigenvalue weighted by atomic mass is 10.1. The van der Waals surface area contributed by atoms with Gasteiger partial charge < -0.3 is 10.0 Å². The minimum Gasteiger partial charge on any atom is -0.387 e. The van der Waals surface area contributed by atoms with Gasteiger partial charge in [-0.2, -0.15) is 0 Å². The first-order valence-corrected chi connectivity index (χ1v) is 6.34. The van der Waals surface area contributed by atoms with Crippen molar-refractivity contribution in [1.82, 2.24) is 9.88 Å². The predicted molar refractivity (Wildman–Crippen MR) is 73.2 cm³/mol. The Bertz CT molecular complexity index is 347. The molecule has 0 aliphatic heterocycles. The Morgan fingerprint density at radius 2 is 2.00 bits per heavy atom. The van der Waals surface area contributed by atoms with E-state index < -0.39 is 6.61 Å². The highest BCUT2D eigenvalue weighted by molar-refractivity contribution is 5.76. The second-order valence-electron chi connectivity index (χ2n) is 4.15. The van der Waals surface area contributed by atoms with Crippen molar-refractivity contribution in [2.45, 2.75) is 40.2 Å². The van der Waals surface area contributed by atoms with Crippen LogP contribution in [0.3, 0.4) is 0 Å². The summed E-state index contributed by atoms with van der Waals surface area (Å²) in [6, 6.07) is 3.93. The van der Waals surface area contributed by atoms with Crippen LogP contribution in [0.1, 0.15) is 44.9 Å². The molecule has 1 aromatic rings. The summed E-state index contributed by atoms with van der Waals surface area (Å²) in [7, 11) is 1.65. The molecule has 0 radical (unpaired) electrons. The fraction of sp³-hybridized carbons (Fsp3) is 0.571. The van der Waals surface area contributed by atoms with Crippen LogP contribution in [0.5, 0.6) is 0 Å². The molecule has 4 heteroatoms. The number of carbonyl (C=O) groups excluding carboxylic acids is 1. The van der Waals surface area contributed by atoms with E-state index in [-0.39, 0.29) is 5.91 Å². The number of amides is 1. The van der Waals surface area contributed by atoms with Crippen molar-refractivity contribution < 1.29 is 9.90 Å². The maximum absolute atomic E-state index is 11.1. The highest BCUT2D eigenvalue weighted by atomic mass is 16.3. The van der Waals surface area contributed by atoms with Gasteiger partial charge >= 0.3 is 0 Å². The summed E-state index contributed by atoms with van der Waals surface area (Å²) in [5.74, 6) is 0.160. The number of aromatic nitrogens is 1. The number of hydrogen-bond acceptors (Lipinski definition) is 3. The molecule has 0 bridgehead atoms. The molecule has 0 saturated carbocycles. The number of aliphatic hydroxyl groups excluding tert-OH is 1. The number of hydrogen-bond donors (Lipinski definition) is 1. The first kappa shape index (κ1) is 16.6. The molecule has 18 heavy (non-hydrogen) atoms. The number of carbonyl (C=O) groups is 1. The molecule has 1 heterocycles. The fourth-order valence-electron chi connectivity index (χ4n) is 1.32. The predicted octanol–water partition coefficient (Wildman–Crippen LogP) is 2.18. The van der Waals surface area contributed by atoms with Gasteiger partial charge in [-0.15, -0.1) is 0 Å². The van der Waals surface area contributed by atoms with E-state index >= 15 is 0 Å². The number of aliphatic hydroxyl groups is 1. The second-order valence-corrected chi connectivity index (χ2v) is 4.15. The normalized spacial score (nSPS) is 9.72. The van der Waals surface area contributed by atoms with Crippen molar-refractivity contribution in [1.29, 1.82) is 0 Å². The highest BCUT2D eigenvalue weighted by Gasteiger charge is 2.08. The minimum atomic E-state index is -0.458. The quantitative estimate of drug-likeness (QED) is 0.893. The summed E-state index contributed by atoms with van der Waals surface area (Å²) in [4.78, 5) is 16.9. The Hall–Kier alpha value is -1.42. The summed E-state index contributed by atoms with van der Waals surface area (Å²) in [6.07, 6.45) is 1.83. The molecule has 1 rings (SSSR count). The van der Waals surface area contributed by atoms with Gasteiger partial charge in [0.15, 0.2) is 0 Å². The van der Waals surface area contributed by atoms with Gasteiger partial charge in [-0.1, -0.05) is 33.8 Å². The second kappa shape index (κ2) is 8.64. The smallest absolute Gasteiger partial charge is 0.248 e. The monoisotopic (exact) mass is 252 g/mol. The molecular formula is C14H24N2O2. The van der Waals surface area contributed by atoms with E-state index in [0.29, 0.717) is 12.5 Å². The first-order chi connectivity index (χ1) is 8.54. The number of rotatable bonds is 4. The zero-order valence-corrected chi connectivity index (χ0v) is 12.0. The zero-order chi connectivity index (χ0) is 14.1. The molecule has 0 saturated heterocycles. The van der Waals surface area contributed by atoms with Crippen molar-refractivity contribution >= 4 is 5.91 Å². The standard InChI is InChI=1S/C12H18N2O2.C2H6/c1-9(2)10-4-5-11(13-6-10)7-14(3)12(16)8-15;1-2/h4-6,9,15H,7-8H2,1-3H3;1-2H3. The molecule has 0 fully saturated rings. The Balaban J connectivity index is 0.00000137. The van der Waals surface area contributed by atoms with Gasteiger partial charge in [0.2, 0.25) is 5.91 Å². The topological polar surface area (TPSA) is 53.4 Å². The third kappa shape index (κ3) is 5.27. The molecule has 0 spiro atoms. The summed E-state index contributed by atoms with van der Waals surface area (Å²) >= 11 is 0. The lowest BCUT2D eigenvalue weighted by molar-refractivity contribution is -0.133. The maximum Gasteiger partial charge on any atom is 0.248 e. The van der Waals surface area contributed by atoms with Gasteiger partial charge in [0.05, 0.1) is 12.2 Å². The molecular weight excluding hydrogens is 228 g/mol. The SMILES string of the molecule is CC.CC(C)c1ccc(CN(C)C(=O)CO)nc1. The van der Waals surface area contributed by atoms with E-state index in [1.807, 2.05) is 32.2 Å². The Labute approximate surface area is 110 Å². The van der Waals surface area contributed by atoms with Crippen LogP contribution < -0.4 is 0 Å². The summed E-state index contributed by atoms with van der Waals surface area (Å²) in [6.45, 7) is 8.19. The van der Waals surface area contributed by atoms with Crippen LogP contribution in [0, 0.1) is 0 Å². The number of nitrogens with zero attached hydrogens (tertiary/aromatic N) is 2. The first-order valence-electron chi connectivity index (χ1n) is 6.34. The van der Waals surface area contributed by atoms with E-state index in [1.165, 1.54) is 10.5 Å². The molecule has 0 aromatic carbocycles. The van der Waals surface area contributed by atoms with Gasteiger partial charge in [0.25, 0.3) is 0 Å². The minimum absolute atomic E-state index is 0.297. The van der Waals surface area contributed by atoms with Crippen molar-refractivity contribution in [2.24, 2.45) is 0 Å². The van der Waals surface area contributed by atoms with Crippen LogP contribution >= 0.6 is 0 Å². The molecule has 4 nitrogen and oxygen atoms in total. The molecule has 0 atom stereocenters. The van der Waals surface area contributed by atoms with Crippen molar-refractivity contribution in [3.05, 3.63) is 29.6 Å². The molecule has 102 valence electrons. The van der Waals surface area contributed by atoms with E-state index in [9.17, 15) is 4.79 Å². The zero-order valence-electron chi connectivity index (χ0n) is 12.0. The molecule has 1 N–H and O–H groups in total. The van der Waals surface area contributed by atoms with E-state index in [1.54, 1.807) is 7.05 Å². The summed E-state index contributed by atoms with van der Waals surface area (Å²) < 4.78 is 0. The molecule has 1 aromatic heterocycles. The fourth-order valence-corrected chi connectivity index (χ4v) is 1.32. The molecule has 0 aliphatic rings. The van der Waals surface area contributed by atoms with Gasteiger partial charge in [0, 0.05) is 13.2 Å². The van der Waals surface area contributed by atoms with Crippen molar-refractivity contribution in [2.75, 3.05) is 13.7 Å². The van der Waals surface area contributed by atoms with Crippen LogP contribution in [-0.2, 0) is 11.3 Å². The summed E-state index contributed by atoms with van der Waals surface area (Å²) in [5.41, 5.74) is 2.01. The van der Waals surface area contributed by atoms with E-state index in [0.717, 1.165) is 5.69 Å². The number of pyridine rings is 1. The van der Waals surface area contributed by atoms with Gasteiger partial charge in [-0.05, 0) is 17.5 Å². The van der Waals surface area contributed by atoms with E-state index in [4.69, 9.17) is 5.11 Å². The average Bonchev–Trinajstić information content (AvgIpc) is 2.40. The third-order valence-corrected chi connectivity index (χ3v) is 2.47. The number of likely N-dealkylation sites (N-methyl/N-ethyl adjacent to an activating group) is 1. The van der Waals surface area contributed by atoms with Crippen LogP contribution in [0.4, 0.5) is 0 Å².